The fourth-order valence-electron chi connectivity index (χ4n) is 1.35. The van der Waals surface area contributed by atoms with Gasteiger partial charge in [-0.05, 0) is 25.1 Å². The van der Waals surface area contributed by atoms with Crippen LogP contribution in [0.3, 0.4) is 0 Å². The Balaban J connectivity index is 2.19. The van der Waals surface area contributed by atoms with Crippen LogP contribution in [0, 0.1) is 6.92 Å². The number of nitrogens with one attached hydrogen (secondary N) is 1. The largest absolute Gasteiger partial charge is 0.399 e. The Morgan fingerprint density at radius 2 is 2.18 bits per heavy atom. The molecule has 1 heterocycles. The highest BCUT2D eigenvalue weighted by atomic mass is 35.5. The first-order chi connectivity index (χ1) is 8.04. The second-order valence-corrected chi connectivity index (χ2v) is 4.00. The fraction of sp³-hybridized carbons (Fsp3) is 0.0909. The van der Waals surface area contributed by atoms with Gasteiger partial charge in [0.25, 0.3) is 5.91 Å². The van der Waals surface area contributed by atoms with E-state index < -0.39 is 0 Å². The van der Waals surface area contributed by atoms with E-state index in [9.17, 15) is 4.79 Å². The lowest BCUT2D eigenvalue weighted by Gasteiger charge is -2.03. The van der Waals surface area contributed by atoms with Crippen molar-refractivity contribution in [2.75, 3.05) is 11.1 Å². The van der Waals surface area contributed by atoms with Crippen molar-refractivity contribution in [2.45, 2.75) is 6.92 Å². The van der Waals surface area contributed by atoms with Crippen LogP contribution in [0.5, 0.6) is 0 Å². The van der Waals surface area contributed by atoms with E-state index in [0.717, 1.165) is 0 Å². The number of anilines is 2. The minimum Gasteiger partial charge on any atom is -0.399 e. The molecule has 6 heteroatoms. The number of aryl methyl sites for hydroxylation is 1. The molecule has 0 aliphatic carbocycles. The van der Waals surface area contributed by atoms with Crippen molar-refractivity contribution in [3.63, 3.8) is 0 Å². The Labute approximate surface area is 103 Å². The Hall–Kier alpha value is -2.01. The first-order valence-corrected chi connectivity index (χ1v) is 5.23. The van der Waals surface area contributed by atoms with Crippen LogP contribution in [-0.2, 0) is 0 Å². The Morgan fingerprint density at radius 3 is 2.76 bits per heavy atom. The number of aromatic nitrogens is 1. The van der Waals surface area contributed by atoms with Crippen molar-refractivity contribution in [3.05, 3.63) is 40.5 Å². The molecule has 2 rings (SSSR count). The highest BCUT2D eigenvalue weighted by Gasteiger charge is 2.10. The summed E-state index contributed by atoms with van der Waals surface area (Å²) in [5.74, 6) is -0.0682. The predicted octanol–water partition coefficient (Wildman–Crippen LogP) is 2.47. The zero-order valence-corrected chi connectivity index (χ0v) is 9.78. The van der Waals surface area contributed by atoms with Crippen LogP contribution < -0.4 is 11.1 Å². The molecule has 1 aromatic heterocycles. The molecule has 0 unspecified atom stereocenters. The Bertz CT molecular complexity index is 545. The first kappa shape index (κ1) is 11.5. The summed E-state index contributed by atoms with van der Waals surface area (Å²) in [5, 5.41) is 6.62. The standard InChI is InChI=1S/C11H10ClN3O2/c1-6-2-10(17-15-6)14-11(16)7-3-8(12)5-9(13)4-7/h2-5H,13H2,1H3,(H,14,16). The van der Waals surface area contributed by atoms with E-state index in [1.165, 1.54) is 12.1 Å². The van der Waals surface area contributed by atoms with Crippen molar-refractivity contribution in [1.82, 2.24) is 5.16 Å². The number of rotatable bonds is 2. The van der Waals surface area contributed by atoms with Gasteiger partial charge in [0.1, 0.15) is 0 Å². The van der Waals surface area contributed by atoms with E-state index in [1.807, 2.05) is 0 Å². The van der Waals surface area contributed by atoms with E-state index in [0.29, 0.717) is 22.0 Å². The van der Waals surface area contributed by atoms with Crippen LogP contribution in [0.15, 0.2) is 28.8 Å². The Kier molecular flexibility index (Phi) is 3.01. The molecule has 17 heavy (non-hydrogen) atoms. The van der Waals surface area contributed by atoms with Gasteiger partial charge in [-0.1, -0.05) is 16.8 Å². The molecule has 1 aromatic carbocycles. The van der Waals surface area contributed by atoms with Gasteiger partial charge in [0, 0.05) is 22.3 Å². The molecule has 3 N–H and O–H groups in total. The van der Waals surface area contributed by atoms with Crippen molar-refractivity contribution >= 4 is 29.1 Å². The second kappa shape index (κ2) is 4.47. The van der Waals surface area contributed by atoms with E-state index in [4.69, 9.17) is 21.9 Å². The van der Waals surface area contributed by atoms with Crippen molar-refractivity contribution in [3.8, 4) is 0 Å². The number of carbonyl (C=O) groups excluding carboxylic acids is 1. The zero-order chi connectivity index (χ0) is 12.4. The summed E-state index contributed by atoms with van der Waals surface area (Å²) in [6, 6.07) is 6.24. The first-order valence-electron chi connectivity index (χ1n) is 4.85. The smallest absolute Gasteiger partial charge is 0.258 e. The summed E-state index contributed by atoms with van der Waals surface area (Å²) in [4.78, 5) is 11.8. The van der Waals surface area contributed by atoms with E-state index in [2.05, 4.69) is 10.5 Å². The summed E-state index contributed by atoms with van der Waals surface area (Å²) in [6.45, 7) is 1.76. The van der Waals surface area contributed by atoms with Gasteiger partial charge in [0.05, 0.1) is 5.69 Å². The molecule has 0 saturated heterocycles. The van der Waals surface area contributed by atoms with Crippen LogP contribution >= 0.6 is 11.6 Å². The third-order valence-electron chi connectivity index (χ3n) is 2.05. The number of nitrogens with zero attached hydrogens (tertiary/aromatic N) is 1. The van der Waals surface area contributed by atoms with Crippen molar-refractivity contribution in [1.29, 1.82) is 0 Å². The topological polar surface area (TPSA) is 81.2 Å². The average Bonchev–Trinajstić information content (AvgIpc) is 2.62. The number of carbonyl (C=O) groups is 1. The number of hydrogen-bond donors (Lipinski definition) is 2. The molecular formula is C11H10ClN3O2. The highest BCUT2D eigenvalue weighted by Crippen LogP contribution is 2.18. The lowest BCUT2D eigenvalue weighted by molar-refractivity contribution is 0.102. The van der Waals surface area contributed by atoms with Gasteiger partial charge in [-0.15, -0.1) is 0 Å². The maximum Gasteiger partial charge on any atom is 0.258 e. The molecule has 0 atom stereocenters. The van der Waals surface area contributed by atoms with E-state index >= 15 is 0 Å². The maximum absolute atomic E-state index is 11.8. The summed E-state index contributed by atoms with van der Waals surface area (Å²) >= 11 is 5.81. The van der Waals surface area contributed by atoms with Gasteiger partial charge < -0.3 is 10.3 Å². The highest BCUT2D eigenvalue weighted by molar-refractivity contribution is 6.31. The summed E-state index contributed by atoms with van der Waals surface area (Å²) in [7, 11) is 0. The zero-order valence-electron chi connectivity index (χ0n) is 9.03. The fourth-order valence-corrected chi connectivity index (χ4v) is 1.59. The van der Waals surface area contributed by atoms with Crippen LogP contribution in [0.25, 0.3) is 0 Å². The lowest BCUT2D eigenvalue weighted by Crippen LogP contribution is -2.11. The molecule has 0 spiro atoms. The quantitative estimate of drug-likeness (QED) is 0.804. The molecule has 5 nitrogen and oxygen atoms in total. The van der Waals surface area contributed by atoms with E-state index in [-0.39, 0.29) is 11.8 Å². The minimum absolute atomic E-state index is 0.283. The van der Waals surface area contributed by atoms with Gasteiger partial charge in [-0.3, -0.25) is 10.1 Å². The molecular weight excluding hydrogens is 242 g/mol. The van der Waals surface area contributed by atoms with Gasteiger partial charge in [0.15, 0.2) is 0 Å². The lowest BCUT2D eigenvalue weighted by atomic mass is 10.2. The van der Waals surface area contributed by atoms with Gasteiger partial charge in [-0.2, -0.15) is 0 Å². The minimum atomic E-state index is -0.352. The van der Waals surface area contributed by atoms with Gasteiger partial charge in [-0.25, -0.2) is 0 Å². The number of halogens is 1. The van der Waals surface area contributed by atoms with Crippen LogP contribution in [0.2, 0.25) is 5.02 Å². The molecule has 1 amide bonds. The van der Waals surface area contributed by atoms with Crippen LogP contribution in [-0.4, -0.2) is 11.1 Å². The summed E-state index contributed by atoms with van der Waals surface area (Å²) in [5.41, 5.74) is 7.07. The number of nitrogen functional groups attached to an aromatic ring is 1. The van der Waals surface area contributed by atoms with Crippen LogP contribution in [0.4, 0.5) is 11.6 Å². The SMILES string of the molecule is Cc1cc(NC(=O)c2cc(N)cc(Cl)c2)on1. The number of amides is 1. The third-order valence-corrected chi connectivity index (χ3v) is 2.27. The van der Waals surface area contributed by atoms with Crippen molar-refractivity contribution < 1.29 is 9.32 Å². The second-order valence-electron chi connectivity index (χ2n) is 3.56. The molecule has 0 radical (unpaired) electrons. The summed E-state index contributed by atoms with van der Waals surface area (Å²) < 4.78 is 4.87. The molecule has 0 bridgehead atoms. The molecule has 0 aliphatic rings. The molecule has 0 aliphatic heterocycles. The normalized spacial score (nSPS) is 10.2. The molecule has 0 fully saturated rings. The number of nitrogens with two attached hydrogens (primary N) is 1. The third kappa shape index (κ3) is 2.76. The number of hydrogen-bond acceptors (Lipinski definition) is 4. The average molecular weight is 252 g/mol. The van der Waals surface area contributed by atoms with Crippen molar-refractivity contribution in [2.24, 2.45) is 0 Å². The number of benzene rings is 1. The Morgan fingerprint density at radius 1 is 1.41 bits per heavy atom. The predicted molar refractivity (Wildman–Crippen MR) is 65.1 cm³/mol. The van der Waals surface area contributed by atoms with Gasteiger partial charge >= 0.3 is 0 Å². The van der Waals surface area contributed by atoms with Crippen LogP contribution in [0.1, 0.15) is 16.1 Å². The monoisotopic (exact) mass is 251 g/mol. The molecule has 88 valence electrons. The molecule has 2 aromatic rings. The van der Waals surface area contributed by atoms with Gasteiger partial charge in [0.2, 0.25) is 5.88 Å². The maximum atomic E-state index is 11.8. The van der Waals surface area contributed by atoms with E-state index in [1.54, 1.807) is 19.1 Å². The molecule has 0 saturated carbocycles. The summed E-state index contributed by atoms with van der Waals surface area (Å²) in [6.07, 6.45) is 0.